The van der Waals surface area contributed by atoms with Gasteiger partial charge in [-0.05, 0) is 13.8 Å². The van der Waals surface area contributed by atoms with Crippen molar-refractivity contribution in [3.63, 3.8) is 0 Å². The second-order valence-electron chi connectivity index (χ2n) is 4.43. The van der Waals surface area contributed by atoms with E-state index >= 15 is 0 Å². The third-order valence-electron chi connectivity index (χ3n) is 2.30. The zero-order valence-corrected chi connectivity index (χ0v) is 12.1. The van der Waals surface area contributed by atoms with Crippen molar-refractivity contribution in [3.8, 4) is 0 Å². The van der Waals surface area contributed by atoms with Gasteiger partial charge in [0.05, 0.1) is 0 Å². The van der Waals surface area contributed by atoms with Gasteiger partial charge in [-0.3, -0.25) is 9.59 Å². The Labute approximate surface area is 129 Å². The van der Waals surface area contributed by atoms with Crippen LogP contribution in [0.5, 0.6) is 0 Å². The zero-order chi connectivity index (χ0) is 18.7. The third-order valence-corrected chi connectivity index (χ3v) is 2.30. The number of aryl methyl sites for hydroxylation is 2. The van der Waals surface area contributed by atoms with Gasteiger partial charge in [-0.25, -0.2) is 9.97 Å². The first kappa shape index (κ1) is 19.4. The van der Waals surface area contributed by atoms with Crippen LogP contribution in [0.3, 0.4) is 0 Å². The number of nitrogens with one attached hydrogen (secondary N) is 2. The van der Waals surface area contributed by atoms with E-state index in [1.54, 1.807) is 0 Å². The molecule has 2 heterocycles. The molecule has 0 aliphatic carbocycles. The first-order valence-electron chi connectivity index (χ1n) is 6.09. The normalized spacial score (nSPS) is 11.7. The third kappa shape index (κ3) is 5.85. The largest absolute Gasteiger partial charge is 0.433 e. The molecule has 0 aromatic carbocycles. The highest BCUT2D eigenvalue weighted by molar-refractivity contribution is 5.06. The Morgan fingerprint density at radius 1 is 0.750 bits per heavy atom. The number of aromatic nitrogens is 4. The molecule has 132 valence electrons. The molecule has 0 amide bonds. The average molecular weight is 356 g/mol. The molecule has 0 atom stereocenters. The molecule has 0 aliphatic rings. The summed E-state index contributed by atoms with van der Waals surface area (Å²) < 4.78 is 71.6. The highest BCUT2D eigenvalue weighted by atomic mass is 19.4. The van der Waals surface area contributed by atoms with Crippen molar-refractivity contribution in [1.29, 1.82) is 0 Å². The van der Waals surface area contributed by atoms with E-state index in [1.807, 2.05) is 0 Å². The molecule has 0 spiro atoms. The molecular formula is C12H10F6N4O2. The summed E-state index contributed by atoms with van der Waals surface area (Å²) >= 11 is 0. The first-order chi connectivity index (χ1) is 10.8. The lowest BCUT2D eigenvalue weighted by molar-refractivity contribution is -0.142. The van der Waals surface area contributed by atoms with Crippen molar-refractivity contribution in [1.82, 2.24) is 19.9 Å². The number of alkyl halides is 6. The van der Waals surface area contributed by atoms with Gasteiger partial charge in [0.2, 0.25) is 0 Å². The van der Waals surface area contributed by atoms with E-state index in [2.05, 4.69) is 19.9 Å². The van der Waals surface area contributed by atoms with Gasteiger partial charge in [-0.2, -0.15) is 26.3 Å². The molecule has 0 unspecified atom stereocenters. The maximum absolute atomic E-state index is 11.9. The van der Waals surface area contributed by atoms with E-state index in [4.69, 9.17) is 0 Å². The predicted octanol–water partition coefficient (Wildman–Crippen LogP) is 2.19. The molecule has 0 saturated carbocycles. The van der Waals surface area contributed by atoms with E-state index in [-0.39, 0.29) is 11.6 Å². The molecule has 6 nitrogen and oxygen atoms in total. The Morgan fingerprint density at radius 2 is 1.04 bits per heavy atom. The molecule has 12 heteroatoms. The average Bonchev–Trinajstić information content (AvgIpc) is 2.35. The summed E-state index contributed by atoms with van der Waals surface area (Å²) in [6.07, 6.45) is -9.11. The summed E-state index contributed by atoms with van der Waals surface area (Å²) in [5.41, 5.74) is -3.92. The topological polar surface area (TPSA) is 91.5 Å². The van der Waals surface area contributed by atoms with Crippen LogP contribution >= 0.6 is 0 Å². The van der Waals surface area contributed by atoms with Crippen molar-refractivity contribution < 1.29 is 26.3 Å². The van der Waals surface area contributed by atoms with Crippen molar-refractivity contribution in [3.05, 3.63) is 55.9 Å². The van der Waals surface area contributed by atoms with Crippen LogP contribution in [-0.2, 0) is 12.4 Å². The summed E-state index contributed by atoms with van der Waals surface area (Å²) in [6, 6.07) is 0.847. The Bertz CT molecular complexity index is 752. The summed E-state index contributed by atoms with van der Waals surface area (Å²) in [7, 11) is 0. The van der Waals surface area contributed by atoms with Crippen molar-refractivity contribution in [2.24, 2.45) is 0 Å². The highest BCUT2D eigenvalue weighted by Gasteiger charge is 2.33. The minimum absolute atomic E-state index is 0.0465. The maximum Gasteiger partial charge on any atom is 0.433 e. The van der Waals surface area contributed by atoms with Gasteiger partial charge in [0.15, 0.2) is 11.4 Å². The van der Waals surface area contributed by atoms with Crippen molar-refractivity contribution in [2.75, 3.05) is 0 Å². The molecule has 0 fully saturated rings. The summed E-state index contributed by atoms with van der Waals surface area (Å²) in [4.78, 5) is 31.6. The number of H-pyrrole nitrogens is 2. The minimum Gasteiger partial charge on any atom is -0.311 e. The monoisotopic (exact) mass is 356 g/mol. The van der Waals surface area contributed by atoms with Crippen LogP contribution in [-0.4, -0.2) is 19.9 Å². The summed E-state index contributed by atoms with van der Waals surface area (Å²) in [6.45, 7) is 2.58. The summed E-state index contributed by atoms with van der Waals surface area (Å²) in [5, 5.41) is 0. The maximum atomic E-state index is 11.9. The molecule has 0 saturated heterocycles. The van der Waals surface area contributed by atoms with Crippen LogP contribution in [0.25, 0.3) is 0 Å². The van der Waals surface area contributed by atoms with Crippen LogP contribution in [0.2, 0.25) is 0 Å². The Balaban J connectivity index is 0.000000240. The van der Waals surface area contributed by atoms with Crippen LogP contribution < -0.4 is 11.1 Å². The Morgan fingerprint density at radius 3 is 1.25 bits per heavy atom. The second kappa shape index (κ2) is 6.84. The number of hydrogen-bond acceptors (Lipinski definition) is 4. The Kier molecular flexibility index (Phi) is 5.53. The highest BCUT2D eigenvalue weighted by Crippen LogP contribution is 2.26. The standard InChI is InChI=1S/2C6H5F3N2O/c2*1-3-10-4(6(7,8)9)2-5(12)11-3/h2*2H,1H3,(H,10,11,12). The SMILES string of the molecule is Cc1nc(C(F)(F)F)cc(=O)[nH]1.Cc1nc(C(F)(F)F)cc(=O)[nH]1. The first-order valence-corrected chi connectivity index (χ1v) is 6.09. The van der Waals surface area contributed by atoms with Crippen LogP contribution in [0.15, 0.2) is 21.7 Å². The fourth-order valence-electron chi connectivity index (χ4n) is 1.45. The van der Waals surface area contributed by atoms with Crippen LogP contribution in [0.1, 0.15) is 23.0 Å². The van der Waals surface area contributed by atoms with E-state index in [0.29, 0.717) is 12.1 Å². The van der Waals surface area contributed by atoms with Crippen LogP contribution in [0, 0.1) is 13.8 Å². The van der Waals surface area contributed by atoms with Gasteiger partial charge in [0.25, 0.3) is 11.1 Å². The van der Waals surface area contributed by atoms with Gasteiger partial charge in [0, 0.05) is 12.1 Å². The van der Waals surface area contributed by atoms with Gasteiger partial charge < -0.3 is 9.97 Å². The molecule has 2 rings (SSSR count). The lowest BCUT2D eigenvalue weighted by atomic mass is 10.4. The lowest BCUT2D eigenvalue weighted by Gasteiger charge is -2.04. The van der Waals surface area contributed by atoms with E-state index < -0.39 is 34.9 Å². The van der Waals surface area contributed by atoms with Gasteiger partial charge in [-0.1, -0.05) is 0 Å². The molecule has 0 radical (unpaired) electrons. The van der Waals surface area contributed by atoms with E-state index in [0.717, 1.165) is 0 Å². The fraction of sp³-hybridized carbons (Fsp3) is 0.333. The number of rotatable bonds is 0. The number of nitrogens with zero attached hydrogens (tertiary/aromatic N) is 2. The van der Waals surface area contributed by atoms with Crippen LogP contribution in [0.4, 0.5) is 26.3 Å². The van der Waals surface area contributed by atoms with Gasteiger partial charge >= 0.3 is 12.4 Å². The zero-order valence-electron chi connectivity index (χ0n) is 12.1. The molecule has 0 aliphatic heterocycles. The molecular weight excluding hydrogens is 346 g/mol. The van der Waals surface area contributed by atoms with Gasteiger partial charge in [0.1, 0.15) is 11.6 Å². The smallest absolute Gasteiger partial charge is 0.311 e. The quantitative estimate of drug-likeness (QED) is 0.708. The molecule has 2 aromatic heterocycles. The minimum atomic E-state index is -4.56. The molecule has 2 N–H and O–H groups in total. The van der Waals surface area contributed by atoms with Gasteiger partial charge in [-0.15, -0.1) is 0 Å². The lowest BCUT2D eigenvalue weighted by Crippen LogP contribution is -2.16. The summed E-state index contributed by atoms with van der Waals surface area (Å²) in [5.74, 6) is -0.0929. The molecule has 24 heavy (non-hydrogen) atoms. The van der Waals surface area contributed by atoms with E-state index in [9.17, 15) is 35.9 Å². The molecule has 0 bridgehead atoms. The Hall–Kier alpha value is -2.66. The predicted molar refractivity (Wildman–Crippen MR) is 69.2 cm³/mol. The number of halogens is 6. The fourth-order valence-corrected chi connectivity index (χ4v) is 1.45. The van der Waals surface area contributed by atoms with Crippen molar-refractivity contribution >= 4 is 0 Å². The number of hydrogen-bond donors (Lipinski definition) is 2. The number of aromatic amines is 2. The van der Waals surface area contributed by atoms with E-state index in [1.165, 1.54) is 13.8 Å². The molecule has 2 aromatic rings. The second-order valence-corrected chi connectivity index (χ2v) is 4.43. The van der Waals surface area contributed by atoms with Crippen molar-refractivity contribution in [2.45, 2.75) is 26.2 Å².